The molecule has 0 aromatic rings. The molecule has 14 saturated carbocycles. The van der Waals surface area contributed by atoms with E-state index < -0.39 is 0 Å². The summed E-state index contributed by atoms with van der Waals surface area (Å²) in [5, 5.41) is 41.0. The largest absolute Gasteiger partial charge is 0.393 e. The Bertz CT molecular complexity index is 3250. The smallest absolute Gasteiger partial charge is 0.0577 e. The van der Waals surface area contributed by atoms with Gasteiger partial charge in [-0.15, -0.1) is 0 Å². The number of allylic oxidation sites excluding steroid dienone is 2. The molecule has 4 N–H and O–H groups in total. The van der Waals surface area contributed by atoms with Gasteiger partial charge in [0.15, 0.2) is 0 Å². The Labute approximate surface area is 733 Å². The Kier molecular flexibility index (Phi) is 30.7. The van der Waals surface area contributed by atoms with E-state index in [0.717, 1.165) is 229 Å². The molecule has 680 valence electrons. The zero-order valence-corrected chi connectivity index (χ0v) is 82.7. The summed E-state index contributed by atoms with van der Waals surface area (Å²) in [4.78, 5) is 0. The molecule has 118 heavy (non-hydrogen) atoms. The molecule has 16 rings (SSSR count). The Balaban J connectivity index is 0.000000136. The van der Waals surface area contributed by atoms with Crippen LogP contribution in [0.5, 0.6) is 0 Å². The fourth-order valence-electron chi connectivity index (χ4n) is 37.2. The molecule has 4 heteroatoms. The normalized spacial score (nSPS) is 47.3. The fourth-order valence-corrected chi connectivity index (χ4v) is 37.2. The molecule has 4 nitrogen and oxygen atoms in total. The summed E-state index contributed by atoms with van der Waals surface area (Å²) < 4.78 is 0. The molecule has 16 aliphatic rings. The first-order chi connectivity index (χ1) is 55.7. The minimum absolute atomic E-state index is 0.0107. The Hall–Kier alpha value is -0.680. The Morgan fingerprint density at radius 2 is 0.559 bits per heavy atom. The van der Waals surface area contributed by atoms with Gasteiger partial charge in [-0.2, -0.15) is 0 Å². The van der Waals surface area contributed by atoms with Crippen molar-refractivity contribution < 1.29 is 20.4 Å². The predicted molar refractivity (Wildman–Crippen MR) is 504 cm³/mol. The molecule has 0 aromatic carbocycles. The minimum Gasteiger partial charge on any atom is -0.393 e. The van der Waals surface area contributed by atoms with Crippen LogP contribution < -0.4 is 0 Å². The van der Waals surface area contributed by atoms with Gasteiger partial charge in [-0.25, -0.2) is 0 Å². The minimum atomic E-state index is -0.0794. The van der Waals surface area contributed by atoms with Gasteiger partial charge in [-0.05, 0) is 452 Å². The molecule has 0 heterocycles. The molecule has 0 amide bonds. The van der Waals surface area contributed by atoms with Crippen LogP contribution in [0.4, 0.5) is 0 Å². The number of hydrogen-bond donors (Lipinski definition) is 4. The van der Waals surface area contributed by atoms with E-state index in [1.807, 2.05) is 0 Å². The average Bonchev–Trinajstić information content (AvgIpc) is 1.43. The van der Waals surface area contributed by atoms with E-state index in [0.29, 0.717) is 43.3 Å². The van der Waals surface area contributed by atoms with E-state index in [2.05, 4.69) is 178 Å². The van der Waals surface area contributed by atoms with Crippen molar-refractivity contribution in [3.63, 3.8) is 0 Å². The van der Waals surface area contributed by atoms with E-state index in [1.54, 1.807) is 11.1 Å². The lowest BCUT2D eigenvalue weighted by Crippen LogP contribution is -2.54. The van der Waals surface area contributed by atoms with E-state index in [1.165, 1.54) is 231 Å². The lowest BCUT2D eigenvalue weighted by Gasteiger charge is -2.61. The first-order valence-corrected chi connectivity index (χ1v) is 53.8. The standard InChI is InChI=1S/C29H52O.C29H50O.C28H50O.C28H48O/c2*1-7-21(19(2)3)9-8-20(4)25-12-13-26-24-11-10-22-18-23(30)14-16-28(22,5)27(24)15-17-29(25,26)6;2*1-18(2)19(3)7-8-20(4)24-11-12-25-23-10-9-21-17-22(29)13-15-27(21,5)26(23)14-16-28(24,25)6/h19-27,30H,7-18H2,1-6H3;10,19-21,23-27,30H,7-9,11-18H2,1-6H3;18-26,29H,7-17H2,1-6H3;9,18-20,22-26,29H,7-8,10-17H2,1-6H3/t20?,21?,22?,23?,24?,25?,26?,27?,28-,29+;20?,21?,23?,24?,25?,26?,27?,28-,29+;19?,20?,21?,22?,23?,24?,25?,26?,27-,28+;19?,20?,22?,23?,24?,25?,26?,27-,28+/m0000/s1. The van der Waals surface area contributed by atoms with Crippen LogP contribution in [0.25, 0.3) is 0 Å². The van der Waals surface area contributed by atoms with Gasteiger partial charge in [0.05, 0.1) is 24.4 Å². The number of fused-ring (bicyclic) bond motifs is 20. The van der Waals surface area contributed by atoms with Crippen LogP contribution in [0, 0.1) is 221 Å². The van der Waals surface area contributed by atoms with Gasteiger partial charge in [0.1, 0.15) is 0 Å². The highest BCUT2D eigenvalue weighted by Crippen LogP contribution is 2.74. The third-order valence-corrected chi connectivity index (χ3v) is 45.8. The fraction of sp³-hybridized carbons (Fsp3) is 0.965. The molecule has 38 atom stereocenters. The van der Waals surface area contributed by atoms with Crippen LogP contribution in [-0.4, -0.2) is 44.8 Å². The second kappa shape index (κ2) is 38.2. The van der Waals surface area contributed by atoms with Crippen molar-refractivity contribution in [3.8, 4) is 0 Å². The quantitative estimate of drug-likeness (QED) is 0.0815. The third kappa shape index (κ3) is 18.3. The van der Waals surface area contributed by atoms with Crippen LogP contribution >= 0.6 is 0 Å². The second-order valence-corrected chi connectivity index (χ2v) is 51.9. The van der Waals surface area contributed by atoms with Crippen molar-refractivity contribution in [2.24, 2.45) is 221 Å². The highest BCUT2D eigenvalue weighted by molar-refractivity contribution is 5.28. The maximum atomic E-state index is 10.3. The lowest BCUT2D eigenvalue weighted by atomic mass is 9.44. The predicted octanol–water partition coefficient (Wildman–Crippen LogP) is 31.5. The number of rotatable bonds is 22. The van der Waals surface area contributed by atoms with E-state index in [-0.39, 0.29) is 24.4 Å². The van der Waals surface area contributed by atoms with Gasteiger partial charge >= 0.3 is 0 Å². The topological polar surface area (TPSA) is 80.9 Å². The van der Waals surface area contributed by atoms with Gasteiger partial charge in [-0.3, -0.25) is 0 Å². The molecule has 0 spiro atoms. The average molecular weight is 1630 g/mol. The first-order valence-electron chi connectivity index (χ1n) is 53.8. The molecule has 0 bridgehead atoms. The molecule has 0 saturated heterocycles. The first kappa shape index (κ1) is 94.9. The van der Waals surface area contributed by atoms with Crippen molar-refractivity contribution in [2.75, 3.05) is 0 Å². The lowest BCUT2D eigenvalue weighted by molar-refractivity contribution is -0.129. The van der Waals surface area contributed by atoms with E-state index in [9.17, 15) is 20.4 Å². The molecular weight excluding hydrogens is 1430 g/mol. The third-order valence-electron chi connectivity index (χ3n) is 45.8. The van der Waals surface area contributed by atoms with Gasteiger partial charge in [-0.1, -0.05) is 241 Å². The van der Waals surface area contributed by atoms with Gasteiger partial charge in [0, 0.05) is 0 Å². The van der Waals surface area contributed by atoms with Gasteiger partial charge in [0.2, 0.25) is 0 Å². The molecule has 0 radical (unpaired) electrons. The number of hydrogen-bond acceptors (Lipinski definition) is 4. The van der Waals surface area contributed by atoms with Crippen molar-refractivity contribution in [1.29, 1.82) is 0 Å². The second-order valence-electron chi connectivity index (χ2n) is 51.9. The van der Waals surface area contributed by atoms with Crippen molar-refractivity contribution in [1.82, 2.24) is 0 Å². The van der Waals surface area contributed by atoms with Crippen LogP contribution in [0.15, 0.2) is 23.3 Å². The molecule has 30 unspecified atom stereocenters. The molecule has 14 fully saturated rings. The monoisotopic (exact) mass is 1630 g/mol. The number of aliphatic hydroxyl groups excluding tert-OH is 4. The zero-order chi connectivity index (χ0) is 85.3. The molecule has 16 aliphatic carbocycles. The molecular formula is C114H200O4. The Morgan fingerprint density at radius 1 is 0.280 bits per heavy atom. The van der Waals surface area contributed by atoms with Crippen molar-refractivity contribution in [2.45, 2.75) is 473 Å². The maximum absolute atomic E-state index is 10.3. The van der Waals surface area contributed by atoms with Crippen LogP contribution in [0.1, 0.15) is 449 Å². The Morgan fingerprint density at radius 3 is 0.864 bits per heavy atom. The SMILES string of the molecule is CC(C)C(C)CCC(C)C1CCC2C3CC=C4CC(O)CC[C@]4(C)C3CC[C@]12C.CC(C)C(C)CCC(C)C1CCC2C3CCC4CC(O)CC[C@]4(C)C3CC[C@]12C.CCC(CCC(C)C1CCC2C3CC=C4CC(O)CC[C@]4(C)C3CC[C@]12C)C(C)C.CCC(CCC(C)C1CCC2C3CCC4CC(O)CC[C@]4(C)C3CC[C@]12C)C(C)C. The molecule has 0 aliphatic heterocycles. The van der Waals surface area contributed by atoms with Crippen LogP contribution in [0.3, 0.4) is 0 Å². The molecule has 0 aromatic heterocycles. The highest BCUT2D eigenvalue weighted by Gasteiger charge is 2.65. The van der Waals surface area contributed by atoms with Crippen LogP contribution in [0.2, 0.25) is 0 Å². The summed E-state index contributed by atoms with van der Waals surface area (Å²) in [6.07, 6.45) is 64.5. The summed E-state index contributed by atoms with van der Waals surface area (Å²) in [5.74, 6) is 27.2. The van der Waals surface area contributed by atoms with Gasteiger partial charge in [0.25, 0.3) is 0 Å². The summed E-state index contributed by atoms with van der Waals surface area (Å²) >= 11 is 0. The van der Waals surface area contributed by atoms with E-state index in [4.69, 9.17) is 0 Å². The maximum Gasteiger partial charge on any atom is 0.0577 e. The summed E-state index contributed by atoms with van der Waals surface area (Å²) in [5.41, 5.74) is 7.45. The van der Waals surface area contributed by atoms with E-state index >= 15 is 0 Å². The summed E-state index contributed by atoms with van der Waals surface area (Å²) in [7, 11) is 0. The van der Waals surface area contributed by atoms with Crippen molar-refractivity contribution in [3.05, 3.63) is 23.3 Å². The van der Waals surface area contributed by atoms with Gasteiger partial charge < -0.3 is 20.4 Å². The number of aliphatic hydroxyl groups is 4. The summed E-state index contributed by atoms with van der Waals surface area (Å²) in [6, 6.07) is 0. The summed E-state index contributed by atoms with van der Waals surface area (Å²) in [6.45, 7) is 60.6. The zero-order valence-electron chi connectivity index (χ0n) is 82.7. The van der Waals surface area contributed by atoms with Crippen molar-refractivity contribution >= 4 is 0 Å². The highest BCUT2D eigenvalue weighted by atomic mass is 16.3. The van der Waals surface area contributed by atoms with Crippen LogP contribution in [-0.2, 0) is 0 Å².